The highest BCUT2D eigenvalue weighted by molar-refractivity contribution is 5.91. The van der Waals surface area contributed by atoms with Gasteiger partial charge in [0.05, 0.1) is 41.6 Å². The largest absolute Gasteiger partial charge is 0.490 e. The first-order chi connectivity index (χ1) is 17.0. The molecule has 10 nitrogen and oxygen atoms in total. The Labute approximate surface area is 199 Å². The molecule has 1 aliphatic rings. The van der Waals surface area contributed by atoms with Crippen LogP contribution in [0.2, 0.25) is 0 Å². The number of rotatable bonds is 3. The summed E-state index contributed by atoms with van der Waals surface area (Å²) < 4.78 is 16.1. The van der Waals surface area contributed by atoms with Crippen LogP contribution in [0.5, 0.6) is 11.5 Å². The summed E-state index contributed by atoms with van der Waals surface area (Å²) in [4.78, 5) is 31.3. The van der Waals surface area contributed by atoms with E-state index < -0.39 is 0 Å². The first kappa shape index (κ1) is 21.1. The Kier molecular flexibility index (Phi) is 4.87. The molecule has 1 aliphatic heterocycles. The first-order valence-corrected chi connectivity index (χ1v) is 11.3. The average Bonchev–Trinajstić information content (AvgIpc) is 3.04. The molecule has 6 rings (SSSR count). The van der Waals surface area contributed by atoms with Gasteiger partial charge in [-0.1, -0.05) is 6.07 Å². The maximum absolute atomic E-state index is 13.4. The van der Waals surface area contributed by atoms with Crippen molar-refractivity contribution < 1.29 is 9.47 Å². The van der Waals surface area contributed by atoms with Gasteiger partial charge < -0.3 is 14.0 Å². The van der Waals surface area contributed by atoms with Gasteiger partial charge in [0.15, 0.2) is 11.5 Å². The molecule has 0 aliphatic carbocycles. The van der Waals surface area contributed by atoms with Crippen LogP contribution in [0, 0.1) is 13.8 Å². The lowest BCUT2D eigenvalue weighted by Gasteiger charge is -2.12. The van der Waals surface area contributed by atoms with E-state index in [-0.39, 0.29) is 11.1 Å². The Balaban J connectivity index is 1.45. The third-order valence-electron chi connectivity index (χ3n) is 6.13. The number of aryl methyl sites for hydroxylation is 2. The minimum atomic E-state index is -0.305. The summed E-state index contributed by atoms with van der Waals surface area (Å²) in [5.74, 6) is 2.55. The zero-order chi connectivity index (χ0) is 24.1. The van der Waals surface area contributed by atoms with Gasteiger partial charge in [-0.25, -0.2) is 14.3 Å². The van der Waals surface area contributed by atoms with Crippen LogP contribution in [0.4, 0.5) is 0 Å². The van der Waals surface area contributed by atoms with E-state index in [2.05, 4.69) is 15.2 Å². The van der Waals surface area contributed by atoms with Crippen LogP contribution in [-0.2, 0) is 6.54 Å². The molecule has 4 aromatic heterocycles. The average molecular weight is 470 g/mol. The van der Waals surface area contributed by atoms with Gasteiger partial charge in [-0.05, 0) is 49.7 Å². The fraction of sp³-hybridized carbons (Fsp3) is 0.240. The Morgan fingerprint density at radius 1 is 0.829 bits per heavy atom. The standard InChI is InChI=1S/C25H22N6O4/c1-15-27-28-16(2)31(15)30-9-7-21-19(25(30)33)13-18-20(26-21)6-8-29(24(18)32)14-17-4-5-22-23(12-17)35-11-3-10-34-22/h4-9,12-13H,3,10-11,14H2,1-2H3. The predicted octanol–water partition coefficient (Wildman–Crippen LogP) is 2.44. The van der Waals surface area contributed by atoms with Crippen LogP contribution < -0.4 is 20.6 Å². The molecule has 0 saturated carbocycles. The van der Waals surface area contributed by atoms with E-state index in [4.69, 9.17) is 9.47 Å². The Morgan fingerprint density at radius 3 is 2.29 bits per heavy atom. The Hall–Kier alpha value is -4.47. The van der Waals surface area contributed by atoms with Crippen molar-refractivity contribution in [1.82, 2.24) is 29.1 Å². The lowest BCUT2D eigenvalue weighted by atomic mass is 10.1. The van der Waals surface area contributed by atoms with E-state index in [0.717, 1.165) is 12.0 Å². The zero-order valence-electron chi connectivity index (χ0n) is 19.3. The summed E-state index contributed by atoms with van der Waals surface area (Å²) in [5.41, 5.74) is 1.43. The molecule has 0 unspecified atom stereocenters. The molecule has 5 aromatic rings. The summed E-state index contributed by atoms with van der Waals surface area (Å²) in [6.45, 7) is 5.11. The second-order valence-electron chi connectivity index (χ2n) is 8.51. The third kappa shape index (κ3) is 3.54. The summed E-state index contributed by atoms with van der Waals surface area (Å²) >= 11 is 0. The molecule has 0 bridgehead atoms. The molecule has 0 spiro atoms. The highest BCUT2D eigenvalue weighted by Gasteiger charge is 2.15. The second kappa shape index (κ2) is 8.08. The van der Waals surface area contributed by atoms with Crippen LogP contribution in [0.15, 0.2) is 58.4 Å². The monoisotopic (exact) mass is 470 g/mol. The van der Waals surface area contributed by atoms with Gasteiger partial charge >= 0.3 is 0 Å². The summed E-state index contributed by atoms with van der Waals surface area (Å²) in [6, 6.07) is 10.9. The number of pyridine rings is 3. The lowest BCUT2D eigenvalue weighted by Crippen LogP contribution is -2.28. The van der Waals surface area contributed by atoms with Crippen molar-refractivity contribution in [2.45, 2.75) is 26.8 Å². The van der Waals surface area contributed by atoms with Crippen LogP contribution in [0.25, 0.3) is 21.8 Å². The molecule has 0 amide bonds. The van der Waals surface area contributed by atoms with Gasteiger partial charge in [0.2, 0.25) is 0 Å². The van der Waals surface area contributed by atoms with Crippen molar-refractivity contribution >= 4 is 21.8 Å². The molecule has 0 N–H and O–H groups in total. The maximum atomic E-state index is 13.4. The number of hydrogen-bond donors (Lipinski definition) is 0. The summed E-state index contributed by atoms with van der Waals surface area (Å²) in [7, 11) is 0. The van der Waals surface area contributed by atoms with E-state index >= 15 is 0 Å². The van der Waals surface area contributed by atoms with E-state index in [0.29, 0.717) is 64.7 Å². The van der Waals surface area contributed by atoms with Crippen molar-refractivity contribution in [2.24, 2.45) is 0 Å². The third-order valence-corrected chi connectivity index (χ3v) is 6.13. The van der Waals surface area contributed by atoms with Gasteiger partial charge in [0.1, 0.15) is 11.6 Å². The number of aromatic nitrogens is 6. The number of nitrogens with zero attached hydrogens (tertiary/aromatic N) is 6. The molecular weight excluding hydrogens is 448 g/mol. The smallest absolute Gasteiger partial charge is 0.279 e. The fourth-order valence-corrected chi connectivity index (χ4v) is 4.41. The molecule has 0 fully saturated rings. The van der Waals surface area contributed by atoms with Crippen molar-refractivity contribution in [3.8, 4) is 11.5 Å². The van der Waals surface area contributed by atoms with Crippen molar-refractivity contribution in [3.05, 3.63) is 86.7 Å². The fourth-order valence-electron chi connectivity index (χ4n) is 4.41. The summed E-state index contributed by atoms with van der Waals surface area (Å²) in [5, 5.41) is 8.78. The van der Waals surface area contributed by atoms with E-state index in [1.807, 2.05) is 18.2 Å². The second-order valence-corrected chi connectivity index (χ2v) is 8.51. The van der Waals surface area contributed by atoms with Crippen LogP contribution in [0.1, 0.15) is 23.6 Å². The normalized spacial score (nSPS) is 13.3. The number of hydrogen-bond acceptors (Lipinski definition) is 7. The molecular formula is C25H22N6O4. The molecule has 10 heteroatoms. The summed E-state index contributed by atoms with van der Waals surface area (Å²) in [6.07, 6.45) is 4.18. The highest BCUT2D eigenvalue weighted by atomic mass is 16.5. The zero-order valence-corrected chi connectivity index (χ0v) is 19.3. The molecule has 35 heavy (non-hydrogen) atoms. The van der Waals surface area contributed by atoms with E-state index in [1.165, 1.54) is 4.68 Å². The van der Waals surface area contributed by atoms with E-state index in [9.17, 15) is 9.59 Å². The Morgan fingerprint density at radius 2 is 1.51 bits per heavy atom. The SMILES string of the molecule is Cc1nnc(C)n1-n1ccc2nc3ccn(Cc4ccc5c(c4)OCCCO5)c(=O)c3cc2c1=O. The number of fused-ring (bicyclic) bond motifs is 3. The van der Waals surface area contributed by atoms with Crippen LogP contribution in [-0.4, -0.2) is 42.3 Å². The highest BCUT2D eigenvalue weighted by Crippen LogP contribution is 2.30. The van der Waals surface area contributed by atoms with Crippen molar-refractivity contribution in [2.75, 3.05) is 13.2 Å². The molecule has 0 saturated heterocycles. The molecule has 5 heterocycles. The maximum Gasteiger partial charge on any atom is 0.279 e. The minimum absolute atomic E-state index is 0.226. The van der Waals surface area contributed by atoms with Gasteiger partial charge in [-0.3, -0.25) is 9.59 Å². The number of benzene rings is 1. The lowest BCUT2D eigenvalue weighted by molar-refractivity contribution is 0.297. The Bertz CT molecular complexity index is 1710. The minimum Gasteiger partial charge on any atom is -0.490 e. The first-order valence-electron chi connectivity index (χ1n) is 11.3. The molecule has 0 radical (unpaired) electrons. The molecule has 0 atom stereocenters. The molecule has 1 aromatic carbocycles. The predicted molar refractivity (Wildman–Crippen MR) is 129 cm³/mol. The van der Waals surface area contributed by atoms with Crippen LogP contribution in [0.3, 0.4) is 0 Å². The van der Waals surface area contributed by atoms with Gasteiger partial charge in [-0.2, -0.15) is 0 Å². The quantitative estimate of drug-likeness (QED) is 0.373. The van der Waals surface area contributed by atoms with Crippen molar-refractivity contribution in [1.29, 1.82) is 0 Å². The van der Waals surface area contributed by atoms with Crippen molar-refractivity contribution in [3.63, 3.8) is 0 Å². The van der Waals surface area contributed by atoms with E-state index in [1.54, 1.807) is 53.7 Å². The topological polar surface area (TPSA) is 106 Å². The van der Waals surface area contributed by atoms with Crippen LogP contribution >= 0.6 is 0 Å². The number of ether oxygens (including phenoxy) is 2. The molecule has 176 valence electrons. The van der Waals surface area contributed by atoms with Gasteiger partial charge in [-0.15, -0.1) is 10.2 Å². The van der Waals surface area contributed by atoms with Gasteiger partial charge in [0, 0.05) is 18.8 Å². The van der Waals surface area contributed by atoms with Gasteiger partial charge in [0.25, 0.3) is 11.1 Å².